The molecule has 1 aromatic rings. The smallest absolute Gasteiger partial charge is 0.341 e. The summed E-state index contributed by atoms with van der Waals surface area (Å²) in [5.74, 6) is 0.128. The van der Waals surface area contributed by atoms with Crippen LogP contribution in [-0.4, -0.2) is 22.7 Å². The maximum absolute atomic E-state index is 11.1. The molecule has 5 heteroatoms. The van der Waals surface area contributed by atoms with Crippen molar-refractivity contribution in [1.29, 1.82) is 0 Å². The highest BCUT2D eigenvalue weighted by Gasteiger charge is 2.21. The average molecular weight is 326 g/mol. The molecule has 102 valence electrons. The van der Waals surface area contributed by atoms with Gasteiger partial charge in [-0.15, -0.1) is 0 Å². The van der Waals surface area contributed by atoms with E-state index in [0.717, 1.165) is 12.8 Å². The van der Waals surface area contributed by atoms with E-state index in [0.29, 0.717) is 22.9 Å². The molecule has 0 bridgehead atoms. The lowest BCUT2D eigenvalue weighted by molar-refractivity contribution is 0.0689. The summed E-state index contributed by atoms with van der Waals surface area (Å²) in [6.07, 6.45) is 7.91. The van der Waals surface area contributed by atoms with Crippen LogP contribution in [0.1, 0.15) is 30.1 Å². The van der Waals surface area contributed by atoms with Crippen LogP contribution in [0.15, 0.2) is 28.9 Å². The van der Waals surface area contributed by atoms with Crippen LogP contribution in [0.25, 0.3) is 0 Å². The highest BCUT2D eigenvalue weighted by molar-refractivity contribution is 9.10. The number of hydrogen-bond acceptors (Lipinski definition) is 3. The highest BCUT2D eigenvalue weighted by Crippen LogP contribution is 2.27. The van der Waals surface area contributed by atoms with Gasteiger partial charge in [0.25, 0.3) is 0 Å². The average Bonchev–Trinajstić information content (AvgIpc) is 2.38. The minimum atomic E-state index is -1.03. The van der Waals surface area contributed by atoms with Gasteiger partial charge < -0.3 is 9.84 Å². The van der Waals surface area contributed by atoms with Crippen molar-refractivity contribution in [2.24, 2.45) is 11.8 Å². The zero-order chi connectivity index (χ0) is 13.8. The second-order valence-electron chi connectivity index (χ2n) is 4.80. The Balaban J connectivity index is 2.07. The zero-order valence-electron chi connectivity index (χ0n) is 10.7. The lowest BCUT2D eigenvalue weighted by Crippen LogP contribution is -2.22. The van der Waals surface area contributed by atoms with Gasteiger partial charge in [0, 0.05) is 10.7 Å². The van der Waals surface area contributed by atoms with Gasteiger partial charge >= 0.3 is 5.97 Å². The van der Waals surface area contributed by atoms with Crippen LogP contribution in [0.2, 0.25) is 0 Å². The summed E-state index contributed by atoms with van der Waals surface area (Å²) < 4.78 is 6.25. The summed E-state index contributed by atoms with van der Waals surface area (Å²) in [4.78, 5) is 15.2. The van der Waals surface area contributed by atoms with Crippen molar-refractivity contribution in [3.05, 3.63) is 34.5 Å². The third-order valence-corrected chi connectivity index (χ3v) is 3.83. The van der Waals surface area contributed by atoms with Gasteiger partial charge in [0.15, 0.2) is 0 Å². The summed E-state index contributed by atoms with van der Waals surface area (Å²) in [6.45, 7) is 2.69. The van der Waals surface area contributed by atoms with Crippen LogP contribution in [-0.2, 0) is 0 Å². The van der Waals surface area contributed by atoms with Crippen molar-refractivity contribution in [3.63, 3.8) is 0 Å². The molecule has 1 aliphatic carbocycles. The molecule has 0 spiro atoms. The summed E-state index contributed by atoms with van der Waals surface area (Å²) in [7, 11) is 0. The van der Waals surface area contributed by atoms with E-state index in [1.165, 1.54) is 6.07 Å². The molecule has 1 N–H and O–H groups in total. The Morgan fingerprint density at radius 2 is 2.26 bits per heavy atom. The van der Waals surface area contributed by atoms with Gasteiger partial charge in [-0.1, -0.05) is 19.1 Å². The SMILES string of the molecule is CC1CC=CCC1COc1ncc(Br)cc1C(=O)O. The fraction of sp³-hybridized carbons (Fsp3) is 0.429. The predicted octanol–water partition coefficient (Wildman–Crippen LogP) is 3.52. The topological polar surface area (TPSA) is 59.4 Å². The molecule has 1 aromatic heterocycles. The van der Waals surface area contributed by atoms with Crippen LogP contribution in [0.5, 0.6) is 5.88 Å². The van der Waals surface area contributed by atoms with Crippen LogP contribution in [0, 0.1) is 11.8 Å². The minimum absolute atomic E-state index is 0.0911. The number of pyridine rings is 1. The number of rotatable bonds is 4. The van der Waals surface area contributed by atoms with Gasteiger partial charge in [0.2, 0.25) is 5.88 Å². The summed E-state index contributed by atoms with van der Waals surface area (Å²) in [6, 6.07) is 1.51. The number of nitrogens with zero attached hydrogens (tertiary/aromatic N) is 1. The molecule has 19 heavy (non-hydrogen) atoms. The van der Waals surface area contributed by atoms with Crippen molar-refractivity contribution in [1.82, 2.24) is 4.98 Å². The van der Waals surface area contributed by atoms with E-state index < -0.39 is 5.97 Å². The van der Waals surface area contributed by atoms with Crippen LogP contribution in [0.4, 0.5) is 0 Å². The number of allylic oxidation sites excluding steroid dienone is 2. The maximum atomic E-state index is 11.1. The number of aromatic carboxylic acids is 1. The van der Waals surface area contributed by atoms with Crippen LogP contribution in [0.3, 0.4) is 0 Å². The molecular formula is C14H16BrNO3. The van der Waals surface area contributed by atoms with Gasteiger partial charge in [-0.3, -0.25) is 0 Å². The standard InChI is InChI=1S/C14H16BrNO3/c1-9-4-2-3-5-10(9)8-19-13-12(14(17)18)6-11(15)7-16-13/h2-3,6-7,9-10H,4-5,8H2,1H3,(H,17,18). The predicted molar refractivity (Wildman–Crippen MR) is 75.4 cm³/mol. The highest BCUT2D eigenvalue weighted by atomic mass is 79.9. The number of ether oxygens (including phenoxy) is 1. The monoisotopic (exact) mass is 325 g/mol. The molecule has 2 rings (SSSR count). The number of halogens is 1. The quantitative estimate of drug-likeness (QED) is 0.860. The molecule has 2 atom stereocenters. The van der Waals surface area contributed by atoms with Crippen molar-refractivity contribution in [2.45, 2.75) is 19.8 Å². The van der Waals surface area contributed by atoms with Crippen molar-refractivity contribution in [3.8, 4) is 5.88 Å². The second-order valence-corrected chi connectivity index (χ2v) is 5.72. The third-order valence-electron chi connectivity index (χ3n) is 3.40. The van der Waals surface area contributed by atoms with E-state index in [-0.39, 0.29) is 11.4 Å². The Hall–Kier alpha value is -1.36. The fourth-order valence-electron chi connectivity index (χ4n) is 2.12. The molecule has 0 amide bonds. The first-order valence-electron chi connectivity index (χ1n) is 6.24. The molecule has 2 unspecified atom stereocenters. The Bertz CT molecular complexity index is 501. The number of carboxylic acids is 1. The molecule has 0 aliphatic heterocycles. The van der Waals surface area contributed by atoms with Crippen molar-refractivity contribution >= 4 is 21.9 Å². The van der Waals surface area contributed by atoms with Crippen LogP contribution < -0.4 is 4.74 Å². The molecule has 0 aromatic carbocycles. The van der Waals surface area contributed by atoms with E-state index in [1.54, 1.807) is 6.20 Å². The Labute approximate surface area is 120 Å². The largest absolute Gasteiger partial charge is 0.477 e. The van der Waals surface area contributed by atoms with E-state index in [1.807, 2.05) is 0 Å². The summed E-state index contributed by atoms with van der Waals surface area (Å²) >= 11 is 3.21. The van der Waals surface area contributed by atoms with Gasteiger partial charge in [-0.25, -0.2) is 9.78 Å². The van der Waals surface area contributed by atoms with Gasteiger partial charge in [0.05, 0.1) is 6.61 Å². The van der Waals surface area contributed by atoms with E-state index in [9.17, 15) is 4.79 Å². The molecule has 0 radical (unpaired) electrons. The fourth-order valence-corrected chi connectivity index (χ4v) is 2.45. The van der Waals surface area contributed by atoms with Gasteiger partial charge in [0.1, 0.15) is 5.56 Å². The third kappa shape index (κ3) is 3.56. The van der Waals surface area contributed by atoms with Crippen molar-refractivity contribution < 1.29 is 14.6 Å². The Morgan fingerprint density at radius 3 is 2.95 bits per heavy atom. The lowest BCUT2D eigenvalue weighted by atomic mass is 9.85. The molecule has 1 aliphatic rings. The van der Waals surface area contributed by atoms with E-state index in [2.05, 4.69) is 40.0 Å². The summed E-state index contributed by atoms with van der Waals surface area (Å²) in [5.41, 5.74) is 0.0911. The van der Waals surface area contributed by atoms with E-state index >= 15 is 0 Å². The van der Waals surface area contributed by atoms with E-state index in [4.69, 9.17) is 9.84 Å². The number of hydrogen-bond donors (Lipinski definition) is 1. The first kappa shape index (κ1) is 14.1. The molecule has 0 saturated carbocycles. The normalized spacial score (nSPS) is 22.2. The van der Waals surface area contributed by atoms with Gasteiger partial charge in [-0.2, -0.15) is 0 Å². The maximum Gasteiger partial charge on any atom is 0.341 e. The minimum Gasteiger partial charge on any atom is -0.477 e. The number of aromatic nitrogens is 1. The number of carbonyl (C=O) groups is 1. The van der Waals surface area contributed by atoms with Gasteiger partial charge in [-0.05, 0) is 46.7 Å². The van der Waals surface area contributed by atoms with Crippen molar-refractivity contribution in [2.75, 3.05) is 6.61 Å². The molecular weight excluding hydrogens is 310 g/mol. The molecule has 0 saturated heterocycles. The Morgan fingerprint density at radius 1 is 1.53 bits per heavy atom. The first-order chi connectivity index (χ1) is 9.08. The molecule has 1 heterocycles. The summed E-state index contributed by atoms with van der Waals surface area (Å²) in [5, 5.41) is 9.13. The zero-order valence-corrected chi connectivity index (χ0v) is 12.3. The Kier molecular flexibility index (Phi) is 4.58. The molecule has 0 fully saturated rings. The number of carboxylic acid groups (broad SMARTS) is 1. The van der Waals surface area contributed by atoms with Crippen LogP contribution >= 0.6 is 15.9 Å². The first-order valence-corrected chi connectivity index (χ1v) is 7.04. The molecule has 4 nitrogen and oxygen atoms in total. The second kappa shape index (κ2) is 6.19. The lowest BCUT2D eigenvalue weighted by Gasteiger charge is -2.25.